The number of rotatable bonds is 1. The van der Waals surface area contributed by atoms with Crippen LogP contribution in [0, 0.1) is 0 Å². The zero-order chi connectivity index (χ0) is 8.48. The summed E-state index contributed by atoms with van der Waals surface area (Å²) >= 11 is 0. The average molecular weight is 176 g/mol. The molecular weight excluding hydrogens is 160 g/mol. The smallest absolute Gasteiger partial charge is 0.0480 e. The van der Waals surface area contributed by atoms with E-state index in [1.54, 1.807) is 7.05 Å². The molecule has 1 aliphatic rings. The number of hydrogen-bond acceptors (Lipinski definition) is 3. The lowest BCUT2D eigenvalue weighted by Crippen LogP contribution is -2.28. The van der Waals surface area contributed by atoms with E-state index >= 15 is 0 Å². The molecule has 11 heavy (non-hydrogen) atoms. The van der Waals surface area contributed by atoms with Crippen LogP contribution in [0.4, 0.5) is 0 Å². The Balaban J connectivity index is 2.69. The SMILES string of the molecule is CN=S1(=O)CC[C@H](N(C)C)C1. The molecule has 0 spiro atoms. The topological polar surface area (TPSA) is 32.7 Å². The molecule has 0 aliphatic carbocycles. The first kappa shape index (κ1) is 9.00. The Morgan fingerprint density at radius 3 is 2.45 bits per heavy atom. The van der Waals surface area contributed by atoms with Gasteiger partial charge in [-0.25, -0.2) is 8.57 Å². The first-order valence-corrected chi connectivity index (χ1v) is 5.70. The molecule has 1 rings (SSSR count). The van der Waals surface area contributed by atoms with Gasteiger partial charge in [0.2, 0.25) is 0 Å². The molecule has 0 radical (unpaired) electrons. The Morgan fingerprint density at radius 2 is 2.18 bits per heavy atom. The fourth-order valence-electron chi connectivity index (χ4n) is 1.36. The van der Waals surface area contributed by atoms with Crippen molar-refractivity contribution >= 4 is 9.73 Å². The predicted molar refractivity (Wildman–Crippen MR) is 48.3 cm³/mol. The Hall–Kier alpha value is -0.0900. The van der Waals surface area contributed by atoms with Gasteiger partial charge in [0.15, 0.2) is 0 Å². The Kier molecular flexibility index (Phi) is 2.54. The van der Waals surface area contributed by atoms with Crippen molar-refractivity contribution in [2.24, 2.45) is 4.36 Å². The van der Waals surface area contributed by atoms with Gasteiger partial charge in [-0.1, -0.05) is 0 Å². The van der Waals surface area contributed by atoms with E-state index in [0.29, 0.717) is 6.04 Å². The molecule has 1 aliphatic heterocycles. The highest BCUT2D eigenvalue weighted by molar-refractivity contribution is 7.93. The van der Waals surface area contributed by atoms with Gasteiger partial charge in [-0.15, -0.1) is 0 Å². The van der Waals surface area contributed by atoms with Gasteiger partial charge in [-0.3, -0.25) is 0 Å². The summed E-state index contributed by atoms with van der Waals surface area (Å²) in [5, 5.41) is 0. The summed E-state index contributed by atoms with van der Waals surface area (Å²) in [5.41, 5.74) is 0. The normalized spacial score (nSPS) is 38.0. The van der Waals surface area contributed by atoms with E-state index in [0.717, 1.165) is 17.9 Å². The number of hydrogen-bond donors (Lipinski definition) is 0. The van der Waals surface area contributed by atoms with Gasteiger partial charge in [0.1, 0.15) is 0 Å². The molecule has 1 unspecified atom stereocenters. The maximum Gasteiger partial charge on any atom is 0.0480 e. The minimum atomic E-state index is -1.80. The summed E-state index contributed by atoms with van der Waals surface area (Å²) in [5.74, 6) is 1.54. The zero-order valence-corrected chi connectivity index (χ0v) is 8.23. The van der Waals surface area contributed by atoms with E-state index in [-0.39, 0.29) is 0 Å². The summed E-state index contributed by atoms with van der Waals surface area (Å²) in [6, 6.07) is 0.478. The van der Waals surface area contributed by atoms with E-state index < -0.39 is 9.73 Å². The van der Waals surface area contributed by atoms with Gasteiger partial charge in [0.25, 0.3) is 0 Å². The van der Waals surface area contributed by atoms with E-state index in [2.05, 4.69) is 9.26 Å². The summed E-state index contributed by atoms with van der Waals surface area (Å²) in [6.45, 7) is 0. The van der Waals surface area contributed by atoms with Crippen LogP contribution in [0.3, 0.4) is 0 Å². The van der Waals surface area contributed by atoms with Gasteiger partial charge < -0.3 is 4.90 Å². The van der Waals surface area contributed by atoms with E-state index in [1.165, 1.54) is 0 Å². The maximum absolute atomic E-state index is 11.7. The van der Waals surface area contributed by atoms with E-state index in [1.807, 2.05) is 14.1 Å². The third-order valence-corrected chi connectivity index (χ3v) is 4.73. The summed E-state index contributed by atoms with van der Waals surface area (Å²) in [6.07, 6.45) is 1.03. The summed E-state index contributed by atoms with van der Waals surface area (Å²) < 4.78 is 15.6. The third kappa shape index (κ3) is 1.93. The lowest BCUT2D eigenvalue weighted by Gasteiger charge is -2.16. The first-order valence-electron chi connectivity index (χ1n) is 3.84. The second-order valence-electron chi connectivity index (χ2n) is 3.23. The third-order valence-electron chi connectivity index (χ3n) is 2.29. The van der Waals surface area contributed by atoms with Gasteiger partial charge in [-0.05, 0) is 20.5 Å². The molecule has 0 aromatic carbocycles. The molecule has 0 amide bonds. The molecule has 0 aromatic heterocycles. The standard InChI is InChI=1S/C7H16N2OS/c1-8-11(10)5-4-7(6-11)9(2)3/h7H,4-6H2,1-3H3/t7-,11?/m0/s1. The highest BCUT2D eigenvalue weighted by Crippen LogP contribution is 2.16. The fourth-order valence-corrected chi connectivity index (χ4v) is 3.57. The quantitative estimate of drug-likeness (QED) is 0.580. The van der Waals surface area contributed by atoms with Crippen molar-refractivity contribution in [3.63, 3.8) is 0 Å². The molecule has 4 heteroatoms. The molecule has 2 atom stereocenters. The minimum Gasteiger partial charge on any atom is -0.305 e. The summed E-state index contributed by atoms with van der Waals surface area (Å²) in [7, 11) is 3.93. The minimum absolute atomic E-state index is 0.478. The Bertz CT molecular complexity index is 241. The van der Waals surface area contributed by atoms with Crippen molar-refractivity contribution in [2.45, 2.75) is 12.5 Å². The van der Waals surface area contributed by atoms with Crippen molar-refractivity contribution in [2.75, 3.05) is 32.6 Å². The predicted octanol–water partition coefficient (Wildman–Crippen LogP) is 0.418. The maximum atomic E-state index is 11.7. The second-order valence-corrected chi connectivity index (χ2v) is 5.88. The molecule has 0 bridgehead atoms. The fraction of sp³-hybridized carbons (Fsp3) is 1.00. The highest BCUT2D eigenvalue weighted by atomic mass is 32.2. The molecule has 0 saturated carbocycles. The molecule has 0 N–H and O–H groups in total. The van der Waals surface area contributed by atoms with Crippen molar-refractivity contribution in [3.8, 4) is 0 Å². The van der Waals surface area contributed by atoms with Crippen molar-refractivity contribution in [3.05, 3.63) is 0 Å². The lowest BCUT2D eigenvalue weighted by molar-refractivity contribution is 0.320. The van der Waals surface area contributed by atoms with E-state index in [9.17, 15) is 4.21 Å². The van der Waals surface area contributed by atoms with Crippen LogP contribution < -0.4 is 0 Å². The van der Waals surface area contributed by atoms with Gasteiger partial charge in [0.05, 0.1) is 0 Å². The average Bonchev–Trinajstić information content (AvgIpc) is 2.33. The second kappa shape index (κ2) is 3.11. The monoisotopic (exact) mass is 176 g/mol. The summed E-state index contributed by atoms with van der Waals surface area (Å²) in [4.78, 5) is 2.14. The van der Waals surface area contributed by atoms with Crippen LogP contribution in [0.2, 0.25) is 0 Å². The van der Waals surface area contributed by atoms with Gasteiger partial charge >= 0.3 is 0 Å². The highest BCUT2D eigenvalue weighted by Gasteiger charge is 2.26. The molecule has 1 fully saturated rings. The van der Waals surface area contributed by atoms with Crippen LogP contribution in [0.25, 0.3) is 0 Å². The van der Waals surface area contributed by atoms with Crippen molar-refractivity contribution in [1.29, 1.82) is 0 Å². The van der Waals surface area contributed by atoms with Crippen LogP contribution in [0.15, 0.2) is 4.36 Å². The molecule has 0 aromatic rings. The first-order chi connectivity index (χ1) is 5.07. The molecular formula is C7H16N2OS. The van der Waals surface area contributed by atoms with E-state index in [4.69, 9.17) is 0 Å². The molecule has 3 nitrogen and oxygen atoms in total. The largest absolute Gasteiger partial charge is 0.305 e. The molecule has 1 heterocycles. The van der Waals surface area contributed by atoms with Crippen LogP contribution in [-0.4, -0.2) is 47.8 Å². The number of nitrogens with zero attached hydrogens (tertiary/aromatic N) is 2. The van der Waals surface area contributed by atoms with Gasteiger partial charge in [-0.2, -0.15) is 0 Å². The van der Waals surface area contributed by atoms with Crippen LogP contribution in [0.5, 0.6) is 0 Å². The lowest BCUT2D eigenvalue weighted by atomic mass is 10.2. The zero-order valence-electron chi connectivity index (χ0n) is 7.41. The Labute approximate surface area is 69.0 Å². The molecule has 66 valence electrons. The van der Waals surface area contributed by atoms with Crippen LogP contribution in [0.1, 0.15) is 6.42 Å². The van der Waals surface area contributed by atoms with Gasteiger partial charge in [0, 0.05) is 34.3 Å². The van der Waals surface area contributed by atoms with Crippen LogP contribution >= 0.6 is 0 Å². The Morgan fingerprint density at radius 1 is 1.55 bits per heavy atom. The molecule has 1 saturated heterocycles. The van der Waals surface area contributed by atoms with Crippen LogP contribution in [-0.2, 0) is 9.73 Å². The van der Waals surface area contributed by atoms with Crippen molar-refractivity contribution in [1.82, 2.24) is 4.90 Å². The van der Waals surface area contributed by atoms with Crippen molar-refractivity contribution < 1.29 is 4.21 Å².